The summed E-state index contributed by atoms with van der Waals surface area (Å²) >= 11 is 1.47. The van der Waals surface area contributed by atoms with Gasteiger partial charge in [0.25, 0.3) is 5.91 Å². The Balaban J connectivity index is 2.10. The molecule has 0 saturated heterocycles. The summed E-state index contributed by atoms with van der Waals surface area (Å²) < 4.78 is 0. The lowest BCUT2D eigenvalue weighted by atomic mass is 10.1. The molecule has 0 aliphatic carbocycles. The topological polar surface area (TPSA) is 92.2 Å². The quantitative estimate of drug-likeness (QED) is 0.823. The molecule has 2 rings (SSSR count). The van der Waals surface area contributed by atoms with Crippen LogP contribution < -0.4 is 5.32 Å². The van der Waals surface area contributed by atoms with Crippen LogP contribution in [0.15, 0.2) is 29.8 Å². The number of thiazole rings is 1. The highest BCUT2D eigenvalue weighted by Crippen LogP contribution is 2.10. The van der Waals surface area contributed by atoms with Crippen LogP contribution in [-0.4, -0.2) is 27.0 Å². The number of carbonyl (C=O) groups excluding carboxylic acids is 1. The largest absolute Gasteiger partial charge is 0.478 e. The highest BCUT2D eigenvalue weighted by Gasteiger charge is 2.11. The molecule has 0 aliphatic heterocycles. The van der Waals surface area contributed by atoms with E-state index >= 15 is 0 Å². The number of hydrogen-bond acceptors (Lipinski definition) is 5. The third-order valence-corrected chi connectivity index (χ3v) is 3.49. The number of aliphatic carboxylic acids is 1. The van der Waals surface area contributed by atoms with Crippen molar-refractivity contribution < 1.29 is 14.7 Å². The van der Waals surface area contributed by atoms with Gasteiger partial charge in [0.15, 0.2) is 0 Å². The number of pyridine rings is 1. The maximum Gasteiger partial charge on any atom is 0.328 e. The van der Waals surface area contributed by atoms with Gasteiger partial charge in [-0.15, -0.1) is 11.3 Å². The van der Waals surface area contributed by atoms with Crippen molar-refractivity contribution >= 4 is 29.3 Å². The summed E-state index contributed by atoms with van der Waals surface area (Å²) in [6.07, 6.45) is 3.80. The van der Waals surface area contributed by atoms with Crippen molar-refractivity contribution in [2.45, 2.75) is 13.5 Å². The normalized spacial score (nSPS) is 10.7. The molecule has 6 nitrogen and oxygen atoms in total. The van der Waals surface area contributed by atoms with Crippen LogP contribution >= 0.6 is 11.3 Å². The number of amides is 1. The number of carboxylic acids is 1. The molecule has 108 valence electrons. The summed E-state index contributed by atoms with van der Waals surface area (Å²) in [5.74, 6) is -1.45. The summed E-state index contributed by atoms with van der Waals surface area (Å²) in [7, 11) is 0. The Hall–Kier alpha value is -2.54. The molecule has 2 N–H and O–H groups in total. The van der Waals surface area contributed by atoms with Gasteiger partial charge < -0.3 is 10.4 Å². The van der Waals surface area contributed by atoms with Gasteiger partial charge in [0.1, 0.15) is 10.7 Å². The number of hydrogen-bond donors (Lipinski definition) is 2. The second-order valence-electron chi connectivity index (χ2n) is 4.18. The third kappa shape index (κ3) is 4.22. The van der Waals surface area contributed by atoms with Crippen LogP contribution in [-0.2, 0) is 11.3 Å². The van der Waals surface area contributed by atoms with E-state index in [2.05, 4.69) is 15.3 Å². The molecule has 0 unspecified atom stereocenters. The molecule has 0 bridgehead atoms. The van der Waals surface area contributed by atoms with Crippen molar-refractivity contribution in [1.82, 2.24) is 15.3 Å². The SMILES string of the molecule is Cc1csc(CNC(=O)c2ncccc2/C=C/C(=O)O)n1. The minimum atomic E-state index is -1.08. The minimum Gasteiger partial charge on any atom is -0.478 e. The van der Waals surface area contributed by atoms with Gasteiger partial charge >= 0.3 is 5.97 Å². The van der Waals surface area contributed by atoms with E-state index in [1.54, 1.807) is 12.1 Å². The molecular formula is C14H13N3O3S. The Morgan fingerprint density at radius 3 is 2.95 bits per heavy atom. The third-order valence-electron chi connectivity index (χ3n) is 2.53. The Kier molecular flexibility index (Phi) is 4.78. The fourth-order valence-corrected chi connectivity index (χ4v) is 2.34. The molecule has 21 heavy (non-hydrogen) atoms. The molecule has 0 spiro atoms. The van der Waals surface area contributed by atoms with Crippen molar-refractivity contribution in [3.63, 3.8) is 0 Å². The molecule has 0 radical (unpaired) electrons. The van der Waals surface area contributed by atoms with Gasteiger partial charge in [0.05, 0.1) is 6.54 Å². The lowest BCUT2D eigenvalue weighted by Gasteiger charge is -2.05. The summed E-state index contributed by atoms with van der Waals surface area (Å²) in [5.41, 5.74) is 1.54. The Bertz CT molecular complexity index is 694. The van der Waals surface area contributed by atoms with Crippen LogP contribution in [0.4, 0.5) is 0 Å². The van der Waals surface area contributed by atoms with Crippen LogP contribution in [0.1, 0.15) is 26.8 Å². The standard InChI is InChI=1S/C14H13N3O3S/c1-9-8-21-11(17-9)7-16-14(20)13-10(3-2-6-15-13)4-5-12(18)19/h2-6,8H,7H2,1H3,(H,16,20)(H,18,19)/b5-4+. The predicted octanol–water partition coefficient (Wildman–Crippen LogP) is 1.87. The van der Waals surface area contributed by atoms with Crippen LogP contribution in [0.3, 0.4) is 0 Å². The smallest absolute Gasteiger partial charge is 0.328 e. The van der Waals surface area contributed by atoms with E-state index in [1.807, 2.05) is 12.3 Å². The maximum absolute atomic E-state index is 12.1. The van der Waals surface area contributed by atoms with E-state index in [0.29, 0.717) is 12.1 Å². The Morgan fingerprint density at radius 2 is 2.29 bits per heavy atom. The van der Waals surface area contributed by atoms with Gasteiger partial charge in [0.2, 0.25) is 0 Å². The van der Waals surface area contributed by atoms with Crippen molar-refractivity contribution in [3.8, 4) is 0 Å². The molecule has 7 heteroatoms. The minimum absolute atomic E-state index is 0.184. The van der Waals surface area contributed by atoms with Crippen LogP contribution in [0.2, 0.25) is 0 Å². The summed E-state index contributed by atoms with van der Waals surface area (Å²) in [5, 5.41) is 14.1. The molecule has 0 fully saturated rings. The number of aromatic nitrogens is 2. The van der Waals surface area contributed by atoms with Crippen molar-refractivity contribution in [2.75, 3.05) is 0 Å². The van der Waals surface area contributed by atoms with E-state index in [9.17, 15) is 9.59 Å². The average Bonchev–Trinajstić information content (AvgIpc) is 2.88. The first-order chi connectivity index (χ1) is 10.1. The van der Waals surface area contributed by atoms with Gasteiger partial charge in [0, 0.05) is 28.9 Å². The van der Waals surface area contributed by atoms with E-state index in [-0.39, 0.29) is 11.6 Å². The molecule has 0 aromatic carbocycles. The first kappa shape index (κ1) is 14.9. The number of rotatable bonds is 5. The van der Waals surface area contributed by atoms with Crippen molar-refractivity contribution in [2.24, 2.45) is 0 Å². The fourth-order valence-electron chi connectivity index (χ4n) is 1.63. The predicted molar refractivity (Wildman–Crippen MR) is 78.9 cm³/mol. The van der Waals surface area contributed by atoms with E-state index in [1.165, 1.54) is 23.6 Å². The number of aryl methyl sites for hydroxylation is 1. The van der Waals surface area contributed by atoms with Crippen LogP contribution in [0.25, 0.3) is 6.08 Å². The summed E-state index contributed by atoms with van der Waals surface area (Å²) in [4.78, 5) is 30.9. The molecule has 2 aromatic rings. The van der Waals surface area contributed by atoms with Gasteiger partial charge in [-0.3, -0.25) is 9.78 Å². The molecule has 0 aliphatic rings. The highest BCUT2D eigenvalue weighted by molar-refractivity contribution is 7.09. The van der Waals surface area contributed by atoms with Crippen LogP contribution in [0.5, 0.6) is 0 Å². The second-order valence-corrected chi connectivity index (χ2v) is 5.12. The first-order valence-corrected chi connectivity index (χ1v) is 6.99. The summed E-state index contributed by atoms with van der Waals surface area (Å²) in [6, 6.07) is 3.28. The average molecular weight is 303 g/mol. The first-order valence-electron chi connectivity index (χ1n) is 6.11. The van der Waals surface area contributed by atoms with Gasteiger partial charge in [-0.25, -0.2) is 9.78 Å². The Labute approximate surface area is 125 Å². The van der Waals surface area contributed by atoms with Crippen molar-refractivity contribution in [1.29, 1.82) is 0 Å². The lowest BCUT2D eigenvalue weighted by molar-refractivity contribution is -0.131. The van der Waals surface area contributed by atoms with Crippen molar-refractivity contribution in [3.05, 3.63) is 51.7 Å². The number of nitrogens with zero attached hydrogens (tertiary/aromatic N) is 2. The van der Waals surface area contributed by atoms with E-state index < -0.39 is 5.97 Å². The van der Waals surface area contributed by atoms with E-state index in [0.717, 1.165) is 16.8 Å². The van der Waals surface area contributed by atoms with Gasteiger partial charge in [-0.1, -0.05) is 6.07 Å². The molecule has 0 atom stereocenters. The molecule has 1 amide bonds. The monoisotopic (exact) mass is 303 g/mol. The fraction of sp³-hybridized carbons (Fsp3) is 0.143. The second kappa shape index (κ2) is 6.76. The molecule has 2 heterocycles. The molecule has 2 aromatic heterocycles. The number of nitrogens with one attached hydrogen (secondary N) is 1. The van der Waals surface area contributed by atoms with E-state index in [4.69, 9.17) is 5.11 Å². The zero-order valence-electron chi connectivity index (χ0n) is 11.2. The number of carboxylic acid groups (broad SMARTS) is 1. The van der Waals surface area contributed by atoms with Crippen LogP contribution in [0, 0.1) is 6.92 Å². The zero-order chi connectivity index (χ0) is 15.2. The molecule has 0 saturated carbocycles. The summed E-state index contributed by atoms with van der Waals surface area (Å²) in [6.45, 7) is 2.20. The lowest BCUT2D eigenvalue weighted by Crippen LogP contribution is -2.24. The van der Waals surface area contributed by atoms with Gasteiger partial charge in [-0.05, 0) is 19.1 Å². The van der Waals surface area contributed by atoms with Gasteiger partial charge in [-0.2, -0.15) is 0 Å². The number of carbonyl (C=O) groups is 2. The molecular weight excluding hydrogens is 290 g/mol. The highest BCUT2D eigenvalue weighted by atomic mass is 32.1. The zero-order valence-corrected chi connectivity index (χ0v) is 12.1. The Morgan fingerprint density at radius 1 is 1.48 bits per heavy atom. The maximum atomic E-state index is 12.1.